The third-order valence-corrected chi connectivity index (χ3v) is 6.05. The number of nitro groups is 1. The number of nitrogens with zero attached hydrogens (tertiary/aromatic N) is 1. The monoisotopic (exact) mass is 301 g/mol. The second-order valence-electron chi connectivity index (χ2n) is 7.32. The Balaban J connectivity index is 1.88. The van der Waals surface area contributed by atoms with Gasteiger partial charge in [-0.05, 0) is 43.4 Å². The molecule has 0 aliphatic heterocycles. The molecule has 0 heterocycles. The van der Waals surface area contributed by atoms with Crippen molar-refractivity contribution in [3.05, 3.63) is 39.9 Å². The zero-order valence-electron chi connectivity index (χ0n) is 13.4. The number of para-hydroxylation sites is 1. The molecule has 0 N–H and O–H groups in total. The lowest BCUT2D eigenvalue weighted by Crippen LogP contribution is -2.36. The van der Waals surface area contributed by atoms with Crippen LogP contribution in [0.5, 0.6) is 0 Å². The van der Waals surface area contributed by atoms with Gasteiger partial charge in [-0.25, -0.2) is 0 Å². The van der Waals surface area contributed by atoms with E-state index in [0.717, 1.165) is 17.9 Å². The highest BCUT2D eigenvalue weighted by Gasteiger charge is 2.41. The summed E-state index contributed by atoms with van der Waals surface area (Å²) in [5.74, 6) is 0.779. The first kappa shape index (κ1) is 15.5. The van der Waals surface area contributed by atoms with E-state index in [0.29, 0.717) is 11.1 Å². The Morgan fingerprint density at radius 2 is 1.64 bits per heavy atom. The Labute approximate surface area is 133 Å². The van der Waals surface area contributed by atoms with Crippen LogP contribution in [0.25, 0.3) is 0 Å². The second-order valence-corrected chi connectivity index (χ2v) is 7.32. The fraction of sp³-hybridized carbons (Fsp3) is 0.684. The quantitative estimate of drug-likeness (QED) is 0.531. The zero-order valence-corrected chi connectivity index (χ0v) is 13.4. The molecule has 2 fully saturated rings. The SMILES string of the molecule is O=[N+]([O-])c1ccccc1CC1(C2CCCCC2)CCCCC1. The number of benzene rings is 1. The number of hydrogen-bond donors (Lipinski definition) is 0. The lowest BCUT2D eigenvalue weighted by Gasteiger charge is -2.45. The van der Waals surface area contributed by atoms with Crippen LogP contribution in [0, 0.1) is 21.4 Å². The standard InChI is InChI=1S/C19H27NO2/c21-20(22)18-12-6-5-9-16(18)15-19(13-7-2-8-14-19)17-10-3-1-4-11-17/h5-6,9,12,17H,1-4,7-8,10-11,13-15H2. The maximum Gasteiger partial charge on any atom is 0.272 e. The molecule has 0 aromatic heterocycles. The number of nitro benzene ring substituents is 1. The van der Waals surface area contributed by atoms with Crippen molar-refractivity contribution in [1.82, 2.24) is 0 Å². The first-order chi connectivity index (χ1) is 10.7. The Kier molecular flexibility index (Phi) is 4.80. The minimum absolute atomic E-state index is 0.202. The molecule has 2 aliphatic rings. The summed E-state index contributed by atoms with van der Waals surface area (Å²) in [6.45, 7) is 0. The van der Waals surface area contributed by atoms with Crippen molar-refractivity contribution < 1.29 is 4.92 Å². The minimum atomic E-state index is -0.202. The Morgan fingerprint density at radius 1 is 1.00 bits per heavy atom. The van der Waals surface area contributed by atoms with E-state index in [1.807, 2.05) is 12.1 Å². The molecule has 0 radical (unpaired) electrons. The fourth-order valence-corrected chi connectivity index (χ4v) is 4.92. The summed E-state index contributed by atoms with van der Waals surface area (Å²) in [7, 11) is 0. The molecule has 0 unspecified atom stereocenters. The molecule has 120 valence electrons. The van der Waals surface area contributed by atoms with Gasteiger partial charge in [0.05, 0.1) is 4.92 Å². The molecule has 3 heteroatoms. The molecular weight excluding hydrogens is 274 g/mol. The van der Waals surface area contributed by atoms with Crippen molar-refractivity contribution in [3.8, 4) is 0 Å². The minimum Gasteiger partial charge on any atom is -0.258 e. The average molecular weight is 301 g/mol. The first-order valence-corrected chi connectivity index (χ1v) is 8.94. The van der Waals surface area contributed by atoms with Crippen LogP contribution in [0.3, 0.4) is 0 Å². The summed E-state index contributed by atoms with van der Waals surface area (Å²) in [6.07, 6.45) is 14.1. The number of hydrogen-bond acceptors (Lipinski definition) is 2. The molecule has 0 spiro atoms. The topological polar surface area (TPSA) is 43.1 Å². The number of rotatable bonds is 4. The highest BCUT2D eigenvalue weighted by Crippen LogP contribution is 2.50. The summed E-state index contributed by atoms with van der Waals surface area (Å²) < 4.78 is 0. The maximum absolute atomic E-state index is 11.3. The average Bonchev–Trinajstić information content (AvgIpc) is 2.57. The Bertz CT molecular complexity index is 514. The van der Waals surface area contributed by atoms with Crippen molar-refractivity contribution in [3.63, 3.8) is 0 Å². The van der Waals surface area contributed by atoms with Crippen LogP contribution in [-0.2, 0) is 6.42 Å². The molecule has 0 bridgehead atoms. The molecule has 0 amide bonds. The van der Waals surface area contributed by atoms with Gasteiger partial charge in [-0.3, -0.25) is 10.1 Å². The first-order valence-electron chi connectivity index (χ1n) is 8.94. The lowest BCUT2D eigenvalue weighted by atomic mass is 9.59. The van der Waals surface area contributed by atoms with Crippen molar-refractivity contribution in [1.29, 1.82) is 0 Å². The van der Waals surface area contributed by atoms with E-state index in [1.165, 1.54) is 64.2 Å². The van der Waals surface area contributed by atoms with Gasteiger partial charge in [0.2, 0.25) is 0 Å². The molecule has 0 saturated heterocycles. The van der Waals surface area contributed by atoms with Gasteiger partial charge < -0.3 is 0 Å². The predicted octanol–water partition coefficient (Wildman–Crippen LogP) is 5.67. The van der Waals surface area contributed by atoms with E-state index in [1.54, 1.807) is 12.1 Å². The van der Waals surface area contributed by atoms with Gasteiger partial charge in [0, 0.05) is 11.6 Å². The molecular formula is C19H27NO2. The van der Waals surface area contributed by atoms with Gasteiger partial charge in [0.15, 0.2) is 0 Å². The fourth-order valence-electron chi connectivity index (χ4n) is 4.92. The Hall–Kier alpha value is -1.38. The van der Waals surface area contributed by atoms with Crippen molar-refractivity contribution >= 4 is 5.69 Å². The molecule has 2 saturated carbocycles. The lowest BCUT2D eigenvalue weighted by molar-refractivity contribution is -0.385. The molecule has 1 aromatic carbocycles. The van der Waals surface area contributed by atoms with Crippen LogP contribution >= 0.6 is 0 Å². The van der Waals surface area contributed by atoms with Crippen LogP contribution in [0.4, 0.5) is 5.69 Å². The van der Waals surface area contributed by atoms with Crippen molar-refractivity contribution in [2.45, 2.75) is 70.6 Å². The molecule has 1 aromatic rings. The third kappa shape index (κ3) is 3.18. The molecule has 0 atom stereocenters. The molecule has 22 heavy (non-hydrogen) atoms. The van der Waals surface area contributed by atoms with Crippen LogP contribution in [0.15, 0.2) is 24.3 Å². The van der Waals surface area contributed by atoms with Crippen molar-refractivity contribution in [2.75, 3.05) is 0 Å². The van der Waals surface area contributed by atoms with Gasteiger partial charge in [0.25, 0.3) is 5.69 Å². The molecule has 3 rings (SSSR count). The Morgan fingerprint density at radius 3 is 2.32 bits per heavy atom. The summed E-state index contributed by atoms with van der Waals surface area (Å²) in [5, 5.41) is 11.3. The van der Waals surface area contributed by atoms with E-state index in [4.69, 9.17) is 0 Å². The van der Waals surface area contributed by atoms with Crippen LogP contribution in [-0.4, -0.2) is 4.92 Å². The summed E-state index contributed by atoms with van der Waals surface area (Å²) in [6, 6.07) is 7.40. The van der Waals surface area contributed by atoms with Crippen LogP contribution in [0.1, 0.15) is 69.8 Å². The second kappa shape index (κ2) is 6.80. The van der Waals surface area contributed by atoms with Gasteiger partial charge in [-0.2, -0.15) is 0 Å². The van der Waals surface area contributed by atoms with E-state index in [2.05, 4.69) is 0 Å². The summed E-state index contributed by atoms with van der Waals surface area (Å²) in [5.41, 5.74) is 1.60. The van der Waals surface area contributed by atoms with Gasteiger partial charge in [-0.1, -0.05) is 56.7 Å². The highest BCUT2D eigenvalue weighted by molar-refractivity contribution is 5.40. The van der Waals surface area contributed by atoms with Gasteiger partial charge >= 0.3 is 0 Å². The molecule has 3 nitrogen and oxygen atoms in total. The van der Waals surface area contributed by atoms with Crippen LogP contribution < -0.4 is 0 Å². The zero-order chi connectivity index (χ0) is 15.4. The summed E-state index contributed by atoms with van der Waals surface area (Å²) >= 11 is 0. The van der Waals surface area contributed by atoms with E-state index < -0.39 is 0 Å². The van der Waals surface area contributed by atoms with Crippen LogP contribution in [0.2, 0.25) is 0 Å². The highest BCUT2D eigenvalue weighted by atomic mass is 16.6. The largest absolute Gasteiger partial charge is 0.272 e. The third-order valence-electron chi connectivity index (χ3n) is 6.05. The smallest absolute Gasteiger partial charge is 0.258 e. The predicted molar refractivity (Wildman–Crippen MR) is 88.9 cm³/mol. The van der Waals surface area contributed by atoms with E-state index in [9.17, 15) is 10.1 Å². The van der Waals surface area contributed by atoms with E-state index in [-0.39, 0.29) is 4.92 Å². The normalized spacial score (nSPS) is 22.4. The maximum atomic E-state index is 11.3. The molecule has 2 aliphatic carbocycles. The van der Waals surface area contributed by atoms with E-state index >= 15 is 0 Å². The summed E-state index contributed by atoms with van der Waals surface area (Å²) in [4.78, 5) is 11.1. The van der Waals surface area contributed by atoms with Crippen molar-refractivity contribution in [2.24, 2.45) is 11.3 Å². The van der Waals surface area contributed by atoms with Gasteiger partial charge in [0.1, 0.15) is 0 Å². The van der Waals surface area contributed by atoms with Gasteiger partial charge in [-0.15, -0.1) is 0 Å².